The SMILES string of the molecule is CCC(C)(CCO)Nc1cc(=O)[nH]c(C2CC2)n1. The standard InChI is InChI=1S/C13H21N3O2/c1-3-13(2,6-7-17)16-10-8-11(18)15-12(14-10)9-4-5-9/h8-9,17H,3-7H2,1-2H3,(H2,14,15,16,18). The monoisotopic (exact) mass is 251 g/mol. The van der Waals surface area contributed by atoms with Gasteiger partial charge in [-0.05, 0) is 32.6 Å². The fourth-order valence-corrected chi connectivity index (χ4v) is 1.97. The van der Waals surface area contributed by atoms with E-state index in [1.165, 1.54) is 6.07 Å². The number of H-pyrrole nitrogens is 1. The number of nitrogens with one attached hydrogen (secondary N) is 2. The second-order valence-corrected chi connectivity index (χ2v) is 5.30. The Hall–Kier alpha value is -1.36. The number of anilines is 1. The highest BCUT2D eigenvalue weighted by Gasteiger charge is 2.27. The number of nitrogens with zero attached hydrogens (tertiary/aromatic N) is 1. The minimum Gasteiger partial charge on any atom is -0.396 e. The summed E-state index contributed by atoms with van der Waals surface area (Å²) < 4.78 is 0. The van der Waals surface area contributed by atoms with Crippen LogP contribution in [0.2, 0.25) is 0 Å². The molecule has 0 saturated heterocycles. The lowest BCUT2D eigenvalue weighted by Crippen LogP contribution is -2.36. The number of hydrogen-bond donors (Lipinski definition) is 3. The third-order valence-electron chi connectivity index (χ3n) is 3.60. The van der Waals surface area contributed by atoms with Crippen molar-refractivity contribution in [3.63, 3.8) is 0 Å². The average Bonchev–Trinajstić information content (AvgIpc) is 3.12. The molecule has 1 aromatic heterocycles. The van der Waals surface area contributed by atoms with E-state index in [1.54, 1.807) is 0 Å². The molecule has 100 valence electrons. The molecule has 5 nitrogen and oxygen atoms in total. The molecule has 1 saturated carbocycles. The lowest BCUT2D eigenvalue weighted by atomic mass is 9.95. The van der Waals surface area contributed by atoms with Crippen molar-refractivity contribution in [2.24, 2.45) is 0 Å². The zero-order valence-corrected chi connectivity index (χ0v) is 11.0. The van der Waals surface area contributed by atoms with Gasteiger partial charge in [-0.15, -0.1) is 0 Å². The van der Waals surface area contributed by atoms with Crippen molar-refractivity contribution in [3.05, 3.63) is 22.2 Å². The van der Waals surface area contributed by atoms with Crippen LogP contribution < -0.4 is 10.9 Å². The Morgan fingerprint density at radius 3 is 2.89 bits per heavy atom. The molecule has 1 atom stereocenters. The first-order valence-electron chi connectivity index (χ1n) is 6.56. The van der Waals surface area contributed by atoms with Gasteiger partial charge in [0.25, 0.3) is 5.56 Å². The third-order valence-corrected chi connectivity index (χ3v) is 3.60. The fourth-order valence-electron chi connectivity index (χ4n) is 1.97. The molecule has 3 N–H and O–H groups in total. The van der Waals surface area contributed by atoms with Gasteiger partial charge in [0.2, 0.25) is 0 Å². The highest BCUT2D eigenvalue weighted by molar-refractivity contribution is 5.37. The van der Waals surface area contributed by atoms with E-state index in [0.29, 0.717) is 18.2 Å². The molecule has 0 radical (unpaired) electrons. The van der Waals surface area contributed by atoms with Crippen molar-refractivity contribution in [2.75, 3.05) is 11.9 Å². The summed E-state index contributed by atoms with van der Waals surface area (Å²) in [6.45, 7) is 4.20. The van der Waals surface area contributed by atoms with Gasteiger partial charge in [-0.25, -0.2) is 4.98 Å². The van der Waals surface area contributed by atoms with Crippen LogP contribution in [0.25, 0.3) is 0 Å². The third kappa shape index (κ3) is 3.10. The van der Waals surface area contributed by atoms with Crippen LogP contribution in [-0.2, 0) is 0 Å². The maximum Gasteiger partial charge on any atom is 0.252 e. The summed E-state index contributed by atoms with van der Waals surface area (Å²) in [6.07, 6.45) is 3.71. The summed E-state index contributed by atoms with van der Waals surface area (Å²) in [7, 11) is 0. The molecular weight excluding hydrogens is 230 g/mol. The number of aliphatic hydroxyl groups is 1. The molecule has 0 bridgehead atoms. The predicted molar refractivity (Wildman–Crippen MR) is 70.9 cm³/mol. The summed E-state index contributed by atoms with van der Waals surface area (Å²) in [6, 6.07) is 1.48. The summed E-state index contributed by atoms with van der Waals surface area (Å²) >= 11 is 0. The van der Waals surface area contributed by atoms with Gasteiger partial charge in [-0.2, -0.15) is 0 Å². The van der Waals surface area contributed by atoms with E-state index in [2.05, 4.69) is 22.2 Å². The summed E-state index contributed by atoms with van der Waals surface area (Å²) in [4.78, 5) is 18.8. The molecule has 1 fully saturated rings. The molecule has 1 heterocycles. The van der Waals surface area contributed by atoms with Gasteiger partial charge in [0.1, 0.15) is 11.6 Å². The molecule has 18 heavy (non-hydrogen) atoms. The average molecular weight is 251 g/mol. The van der Waals surface area contributed by atoms with E-state index in [0.717, 1.165) is 25.1 Å². The molecule has 5 heteroatoms. The minimum absolute atomic E-state index is 0.114. The van der Waals surface area contributed by atoms with Gasteiger partial charge < -0.3 is 15.4 Å². The molecule has 0 aliphatic heterocycles. The van der Waals surface area contributed by atoms with E-state index >= 15 is 0 Å². The smallest absolute Gasteiger partial charge is 0.252 e. The Kier molecular flexibility index (Phi) is 3.71. The summed E-state index contributed by atoms with van der Waals surface area (Å²) in [5, 5.41) is 12.4. The second-order valence-electron chi connectivity index (χ2n) is 5.30. The minimum atomic E-state index is -0.226. The lowest BCUT2D eigenvalue weighted by molar-refractivity contribution is 0.251. The first kappa shape index (κ1) is 13.1. The molecule has 1 aliphatic rings. The van der Waals surface area contributed by atoms with Gasteiger partial charge in [0.15, 0.2) is 0 Å². The molecule has 2 rings (SSSR count). The van der Waals surface area contributed by atoms with E-state index in [4.69, 9.17) is 5.11 Å². The van der Waals surface area contributed by atoms with Crippen molar-refractivity contribution >= 4 is 5.82 Å². The predicted octanol–water partition coefficient (Wildman–Crippen LogP) is 1.61. The zero-order chi connectivity index (χ0) is 13.2. The quantitative estimate of drug-likeness (QED) is 0.717. The zero-order valence-electron chi connectivity index (χ0n) is 11.0. The van der Waals surface area contributed by atoms with Gasteiger partial charge in [0.05, 0.1) is 0 Å². The Bertz CT molecular complexity index is 468. The normalized spacial score (nSPS) is 18.4. The first-order valence-corrected chi connectivity index (χ1v) is 6.56. The fraction of sp³-hybridized carbons (Fsp3) is 0.692. The highest BCUT2D eigenvalue weighted by atomic mass is 16.3. The largest absolute Gasteiger partial charge is 0.396 e. The van der Waals surface area contributed by atoms with Crippen molar-refractivity contribution in [1.29, 1.82) is 0 Å². The molecule has 0 aromatic carbocycles. The van der Waals surface area contributed by atoms with E-state index in [1.807, 2.05) is 6.92 Å². The maximum atomic E-state index is 11.6. The van der Waals surface area contributed by atoms with Crippen LogP contribution in [0.15, 0.2) is 10.9 Å². The Morgan fingerprint density at radius 2 is 2.33 bits per heavy atom. The first-order chi connectivity index (χ1) is 8.56. The van der Waals surface area contributed by atoms with Crippen LogP contribution in [0.1, 0.15) is 51.3 Å². The van der Waals surface area contributed by atoms with Crippen molar-refractivity contribution in [2.45, 2.75) is 51.0 Å². The molecule has 1 aromatic rings. The number of aromatic nitrogens is 2. The van der Waals surface area contributed by atoms with Crippen LogP contribution >= 0.6 is 0 Å². The number of rotatable bonds is 6. The van der Waals surface area contributed by atoms with Crippen LogP contribution in [0, 0.1) is 0 Å². The van der Waals surface area contributed by atoms with Crippen molar-refractivity contribution < 1.29 is 5.11 Å². The van der Waals surface area contributed by atoms with Gasteiger partial charge in [0, 0.05) is 24.1 Å². The van der Waals surface area contributed by atoms with Crippen LogP contribution in [0.5, 0.6) is 0 Å². The molecule has 1 aliphatic carbocycles. The Labute approximate surface area is 107 Å². The van der Waals surface area contributed by atoms with Gasteiger partial charge in [-0.1, -0.05) is 6.92 Å². The number of hydrogen-bond acceptors (Lipinski definition) is 4. The van der Waals surface area contributed by atoms with Crippen molar-refractivity contribution in [3.8, 4) is 0 Å². The summed E-state index contributed by atoms with van der Waals surface area (Å²) in [5.74, 6) is 1.82. The lowest BCUT2D eigenvalue weighted by Gasteiger charge is -2.29. The number of aromatic amines is 1. The Balaban J connectivity index is 2.19. The molecular formula is C13H21N3O2. The topological polar surface area (TPSA) is 78.0 Å². The van der Waals surface area contributed by atoms with Crippen LogP contribution in [-0.4, -0.2) is 27.2 Å². The molecule has 0 amide bonds. The highest BCUT2D eigenvalue weighted by Crippen LogP contribution is 2.37. The maximum absolute atomic E-state index is 11.6. The van der Waals surface area contributed by atoms with E-state index in [9.17, 15) is 4.79 Å². The van der Waals surface area contributed by atoms with Crippen LogP contribution in [0.4, 0.5) is 5.82 Å². The second kappa shape index (κ2) is 5.10. The number of aliphatic hydroxyl groups excluding tert-OH is 1. The van der Waals surface area contributed by atoms with Gasteiger partial charge >= 0.3 is 0 Å². The van der Waals surface area contributed by atoms with Crippen LogP contribution in [0.3, 0.4) is 0 Å². The van der Waals surface area contributed by atoms with Gasteiger partial charge in [-0.3, -0.25) is 4.79 Å². The Morgan fingerprint density at radius 1 is 1.61 bits per heavy atom. The molecule has 0 spiro atoms. The summed E-state index contributed by atoms with van der Waals surface area (Å²) in [5.41, 5.74) is -0.340. The molecule has 1 unspecified atom stereocenters. The van der Waals surface area contributed by atoms with E-state index in [-0.39, 0.29) is 17.7 Å². The van der Waals surface area contributed by atoms with E-state index < -0.39 is 0 Å². The van der Waals surface area contributed by atoms with Crippen molar-refractivity contribution in [1.82, 2.24) is 9.97 Å².